The highest BCUT2D eigenvalue weighted by Crippen LogP contribution is 2.12. The molecule has 0 bridgehead atoms. The van der Waals surface area contributed by atoms with Crippen LogP contribution in [0.15, 0.2) is 66.8 Å². The molecule has 0 saturated carbocycles. The van der Waals surface area contributed by atoms with Crippen molar-refractivity contribution in [1.29, 1.82) is 0 Å². The van der Waals surface area contributed by atoms with Gasteiger partial charge in [0.2, 0.25) is 0 Å². The summed E-state index contributed by atoms with van der Waals surface area (Å²) in [5.41, 5.74) is 2.50. The number of allylic oxidation sites excluding steroid dienone is 3. The highest BCUT2D eigenvalue weighted by atomic mass is 31.0. The van der Waals surface area contributed by atoms with Gasteiger partial charge < -0.3 is 5.32 Å². The van der Waals surface area contributed by atoms with Gasteiger partial charge in [-0.3, -0.25) is 0 Å². The van der Waals surface area contributed by atoms with E-state index in [9.17, 15) is 0 Å². The van der Waals surface area contributed by atoms with Crippen molar-refractivity contribution in [1.82, 2.24) is 5.32 Å². The molecule has 0 fully saturated rings. The van der Waals surface area contributed by atoms with Crippen LogP contribution in [-0.4, -0.2) is 5.78 Å². The molecule has 0 aliphatic carbocycles. The Bertz CT molecular complexity index is 393. The van der Waals surface area contributed by atoms with E-state index in [2.05, 4.69) is 51.5 Å². The van der Waals surface area contributed by atoms with Crippen LogP contribution in [0.2, 0.25) is 0 Å². The molecule has 1 N–H and O–H groups in total. The first-order chi connectivity index (χ1) is 8.27. The van der Waals surface area contributed by atoms with Crippen LogP contribution in [0.3, 0.4) is 0 Å². The molecular weight excluding hydrogens is 225 g/mol. The molecule has 2 heteroatoms. The minimum absolute atomic E-state index is 0.240. The van der Waals surface area contributed by atoms with Crippen LogP contribution >= 0.6 is 9.24 Å². The van der Waals surface area contributed by atoms with Crippen LogP contribution in [-0.2, 0) is 6.54 Å². The van der Waals surface area contributed by atoms with Gasteiger partial charge in [0.1, 0.15) is 0 Å². The van der Waals surface area contributed by atoms with E-state index >= 15 is 0 Å². The molecule has 0 saturated heterocycles. The first kappa shape index (κ1) is 13.9. The molecule has 0 amide bonds. The summed E-state index contributed by atoms with van der Waals surface area (Å²) in [6.07, 6.45) is 7.97. The zero-order valence-electron chi connectivity index (χ0n) is 10.3. The minimum Gasteiger partial charge on any atom is -0.303 e. The summed E-state index contributed by atoms with van der Waals surface area (Å²) < 4.78 is 0. The number of hydrogen-bond acceptors (Lipinski definition) is 1. The summed E-state index contributed by atoms with van der Waals surface area (Å²) in [5.74, 6) is 0.240. The second-order valence-electron chi connectivity index (χ2n) is 3.75. The fourth-order valence-corrected chi connectivity index (χ4v) is 1.87. The lowest BCUT2D eigenvalue weighted by molar-refractivity contribution is 0.711. The number of hydrogen-bond donors (Lipinski definition) is 1. The molecule has 1 aromatic carbocycles. The molecule has 0 heterocycles. The zero-order chi connectivity index (χ0) is 12.5. The van der Waals surface area contributed by atoms with Crippen LogP contribution < -0.4 is 5.32 Å². The normalized spacial score (nSPS) is 13.9. The Morgan fingerprint density at radius 3 is 2.71 bits per heavy atom. The fourth-order valence-electron chi connectivity index (χ4n) is 1.53. The van der Waals surface area contributed by atoms with Gasteiger partial charge in [0.05, 0.1) is 0 Å². The van der Waals surface area contributed by atoms with Crippen LogP contribution in [0.5, 0.6) is 0 Å². The quantitative estimate of drug-likeness (QED) is 0.595. The number of nitrogens with one attached hydrogen (secondary N) is 1. The van der Waals surface area contributed by atoms with Crippen molar-refractivity contribution in [2.45, 2.75) is 19.3 Å². The van der Waals surface area contributed by atoms with Gasteiger partial charge in [-0.05, 0) is 18.1 Å². The molecule has 90 valence electrons. The third-order valence-corrected chi connectivity index (χ3v) is 3.02. The minimum atomic E-state index is 0.240. The standard InChI is InChI=1S/C15H20NP/c1-3-8-14(9-4-2)15(17)16-12-13-10-6-5-7-11-13/h3-11,15-16H,1,12,17H2,2H3/b9-4-,14-8+. The molecule has 0 aliphatic heterocycles. The monoisotopic (exact) mass is 245 g/mol. The van der Waals surface area contributed by atoms with Crippen molar-refractivity contribution in [2.24, 2.45) is 0 Å². The van der Waals surface area contributed by atoms with Gasteiger partial charge in [0.15, 0.2) is 0 Å². The van der Waals surface area contributed by atoms with E-state index in [1.54, 1.807) is 0 Å². The molecule has 0 radical (unpaired) electrons. The average molecular weight is 245 g/mol. The Hall–Kier alpha value is -1.17. The average Bonchev–Trinajstić information content (AvgIpc) is 2.37. The fraction of sp³-hybridized carbons (Fsp3) is 0.200. The molecule has 0 spiro atoms. The van der Waals surface area contributed by atoms with Crippen molar-refractivity contribution < 1.29 is 0 Å². The third-order valence-electron chi connectivity index (χ3n) is 2.40. The maximum Gasteiger partial charge on any atom is 0.0466 e. The Morgan fingerprint density at radius 2 is 2.12 bits per heavy atom. The molecule has 1 rings (SSSR count). The van der Waals surface area contributed by atoms with Gasteiger partial charge in [0, 0.05) is 12.3 Å². The lowest BCUT2D eigenvalue weighted by Crippen LogP contribution is -2.24. The number of benzene rings is 1. The maximum atomic E-state index is 3.74. The highest BCUT2D eigenvalue weighted by molar-refractivity contribution is 7.18. The van der Waals surface area contributed by atoms with Crippen molar-refractivity contribution in [3.63, 3.8) is 0 Å². The van der Waals surface area contributed by atoms with Gasteiger partial charge >= 0.3 is 0 Å². The summed E-state index contributed by atoms with van der Waals surface area (Å²) in [6.45, 7) is 6.62. The molecule has 1 nitrogen and oxygen atoms in total. The smallest absolute Gasteiger partial charge is 0.0466 e. The van der Waals surface area contributed by atoms with E-state index < -0.39 is 0 Å². The SMILES string of the molecule is C=C/C=C(\C=C/C)C(P)NCc1ccccc1. The van der Waals surface area contributed by atoms with Gasteiger partial charge in [-0.2, -0.15) is 0 Å². The molecule has 17 heavy (non-hydrogen) atoms. The van der Waals surface area contributed by atoms with Crippen LogP contribution in [0, 0.1) is 0 Å². The molecule has 0 aliphatic rings. The molecule has 1 aromatic rings. The second-order valence-corrected chi connectivity index (χ2v) is 4.41. The summed E-state index contributed by atoms with van der Waals surface area (Å²) in [7, 11) is 2.81. The molecule has 2 atom stereocenters. The predicted octanol–water partition coefficient (Wildman–Crippen LogP) is 3.67. The van der Waals surface area contributed by atoms with Crippen LogP contribution in [0.25, 0.3) is 0 Å². The van der Waals surface area contributed by atoms with E-state index in [4.69, 9.17) is 0 Å². The van der Waals surface area contributed by atoms with Crippen molar-refractivity contribution in [3.05, 3.63) is 72.4 Å². The Labute approximate surface area is 107 Å². The van der Waals surface area contributed by atoms with Gasteiger partial charge in [-0.25, -0.2) is 0 Å². The van der Waals surface area contributed by atoms with E-state index in [-0.39, 0.29) is 5.78 Å². The Morgan fingerprint density at radius 1 is 1.41 bits per heavy atom. The lowest BCUT2D eigenvalue weighted by Gasteiger charge is -2.15. The Balaban J connectivity index is 2.56. The van der Waals surface area contributed by atoms with E-state index in [1.807, 2.05) is 31.2 Å². The molecule has 0 aromatic heterocycles. The summed E-state index contributed by atoms with van der Waals surface area (Å²) >= 11 is 0. The van der Waals surface area contributed by atoms with E-state index in [1.165, 1.54) is 11.1 Å². The lowest BCUT2D eigenvalue weighted by atomic mass is 10.2. The predicted molar refractivity (Wildman–Crippen MR) is 79.9 cm³/mol. The van der Waals surface area contributed by atoms with Crippen LogP contribution in [0.4, 0.5) is 0 Å². The second kappa shape index (κ2) is 8.00. The molecule has 2 unspecified atom stereocenters. The van der Waals surface area contributed by atoms with Gasteiger partial charge in [-0.1, -0.05) is 61.2 Å². The highest BCUT2D eigenvalue weighted by Gasteiger charge is 2.04. The summed E-state index contributed by atoms with van der Waals surface area (Å²) in [4.78, 5) is 0. The first-order valence-corrected chi connectivity index (χ1v) is 6.42. The third kappa shape index (κ3) is 5.12. The van der Waals surface area contributed by atoms with E-state index in [0.29, 0.717) is 0 Å². The van der Waals surface area contributed by atoms with Crippen molar-refractivity contribution in [3.8, 4) is 0 Å². The largest absolute Gasteiger partial charge is 0.303 e. The van der Waals surface area contributed by atoms with Crippen molar-refractivity contribution in [2.75, 3.05) is 0 Å². The summed E-state index contributed by atoms with van der Waals surface area (Å²) in [5, 5.41) is 3.46. The number of rotatable bonds is 6. The van der Waals surface area contributed by atoms with Crippen LogP contribution in [0.1, 0.15) is 12.5 Å². The van der Waals surface area contributed by atoms with Gasteiger partial charge in [-0.15, -0.1) is 9.24 Å². The topological polar surface area (TPSA) is 12.0 Å². The van der Waals surface area contributed by atoms with Gasteiger partial charge in [0.25, 0.3) is 0 Å². The van der Waals surface area contributed by atoms with E-state index in [0.717, 1.165) is 6.54 Å². The summed E-state index contributed by atoms with van der Waals surface area (Å²) in [6, 6.07) is 10.4. The Kier molecular flexibility index (Phi) is 6.54. The molecular formula is C15H20NP. The zero-order valence-corrected chi connectivity index (χ0v) is 11.4. The van der Waals surface area contributed by atoms with Crippen molar-refractivity contribution >= 4 is 9.24 Å². The first-order valence-electron chi connectivity index (χ1n) is 5.76. The maximum absolute atomic E-state index is 3.74.